The van der Waals surface area contributed by atoms with Gasteiger partial charge < -0.3 is 14.7 Å². The van der Waals surface area contributed by atoms with Crippen molar-refractivity contribution >= 4 is 36.4 Å². The largest absolute Gasteiger partial charge is 0.311 e. The molecule has 2 aromatic rings. The maximum Gasteiger partial charge on any atom is 0.229 e. The number of rotatable bonds is 6. The predicted molar refractivity (Wildman–Crippen MR) is 148 cm³/mol. The number of hydrogen-bond acceptors (Lipinski definition) is 3. The Balaban J connectivity index is 0.00000216. The maximum absolute atomic E-state index is 14.3. The van der Waals surface area contributed by atoms with Crippen molar-refractivity contribution in [2.75, 3.05) is 51.2 Å². The lowest BCUT2D eigenvalue weighted by molar-refractivity contribution is -0.124. The average molecular weight is 525 g/mol. The van der Waals surface area contributed by atoms with Crippen LogP contribution < -0.4 is 4.90 Å². The average Bonchev–Trinajstić information content (AvgIpc) is 2.77. The summed E-state index contributed by atoms with van der Waals surface area (Å²) in [6.07, 6.45) is 2.51. The van der Waals surface area contributed by atoms with Gasteiger partial charge in [0.25, 0.3) is 0 Å². The van der Waals surface area contributed by atoms with Crippen molar-refractivity contribution in [2.45, 2.75) is 40.0 Å². The maximum atomic E-state index is 14.3. The smallest absolute Gasteiger partial charge is 0.229 e. The molecule has 0 aromatic heterocycles. The van der Waals surface area contributed by atoms with Gasteiger partial charge in [-0.1, -0.05) is 37.3 Å². The molecular weight excluding hydrogens is 484 g/mol. The van der Waals surface area contributed by atoms with E-state index in [2.05, 4.69) is 42.8 Å². The summed E-state index contributed by atoms with van der Waals surface area (Å²) in [5.41, 5.74) is 5.46. The van der Waals surface area contributed by atoms with Crippen LogP contribution in [0.25, 0.3) is 0 Å². The summed E-state index contributed by atoms with van der Waals surface area (Å²) in [7, 11) is 2.19. The van der Waals surface area contributed by atoms with Gasteiger partial charge in [-0.3, -0.25) is 4.79 Å². The molecule has 1 amide bonds. The van der Waals surface area contributed by atoms with E-state index in [1.54, 1.807) is 6.07 Å². The van der Waals surface area contributed by atoms with Crippen molar-refractivity contribution in [1.82, 2.24) is 9.80 Å². The number of piperidine rings is 1. The topological polar surface area (TPSA) is 26.8 Å². The molecule has 0 aliphatic carbocycles. The van der Waals surface area contributed by atoms with Crippen LogP contribution in [0.3, 0.4) is 0 Å². The zero-order valence-corrected chi connectivity index (χ0v) is 23.1. The Morgan fingerprint density at radius 3 is 2.26 bits per heavy atom. The molecule has 4 rings (SSSR count). The molecule has 35 heavy (non-hydrogen) atoms. The molecule has 0 radical (unpaired) electrons. The molecule has 2 saturated heterocycles. The van der Waals surface area contributed by atoms with Crippen molar-refractivity contribution in [3.8, 4) is 0 Å². The van der Waals surface area contributed by atoms with E-state index in [1.807, 2.05) is 24.0 Å². The van der Waals surface area contributed by atoms with Crippen LogP contribution in [0.2, 0.25) is 0 Å². The number of nitrogens with zero attached hydrogens (tertiary/aromatic N) is 3. The lowest BCUT2D eigenvalue weighted by atomic mass is 9.84. The summed E-state index contributed by atoms with van der Waals surface area (Å²) in [6, 6.07) is 11.5. The van der Waals surface area contributed by atoms with Crippen molar-refractivity contribution in [1.29, 1.82) is 0 Å². The molecule has 0 bridgehead atoms. The van der Waals surface area contributed by atoms with Crippen LogP contribution in [-0.2, 0) is 17.6 Å². The Bertz CT molecular complexity index is 971. The molecule has 2 heterocycles. The normalized spacial score (nSPS) is 21.4. The van der Waals surface area contributed by atoms with Gasteiger partial charge in [0.2, 0.25) is 5.91 Å². The van der Waals surface area contributed by atoms with Crippen LogP contribution in [0.5, 0.6) is 0 Å². The minimum absolute atomic E-state index is 0. The Labute approximate surface area is 222 Å². The fourth-order valence-corrected chi connectivity index (χ4v) is 5.59. The molecule has 2 aromatic carbocycles. The molecule has 7 heteroatoms. The minimum atomic E-state index is -0.148. The van der Waals surface area contributed by atoms with Crippen LogP contribution in [0.1, 0.15) is 35.6 Å². The molecule has 0 N–H and O–H groups in total. The highest BCUT2D eigenvalue weighted by atomic mass is 35.5. The zero-order chi connectivity index (χ0) is 23.5. The summed E-state index contributed by atoms with van der Waals surface area (Å²) in [5.74, 6) is 0.248. The van der Waals surface area contributed by atoms with E-state index in [-0.39, 0.29) is 48.4 Å². The highest BCUT2D eigenvalue weighted by Gasteiger charge is 2.34. The number of anilines is 1. The van der Waals surface area contributed by atoms with E-state index in [0.717, 1.165) is 67.9 Å². The first-order valence-electron chi connectivity index (χ1n) is 12.4. The van der Waals surface area contributed by atoms with Gasteiger partial charge in [0.1, 0.15) is 5.82 Å². The summed E-state index contributed by atoms with van der Waals surface area (Å²) in [6.45, 7) is 12.5. The van der Waals surface area contributed by atoms with Gasteiger partial charge in [-0.25, -0.2) is 4.39 Å². The van der Waals surface area contributed by atoms with Crippen molar-refractivity contribution in [3.05, 3.63) is 64.5 Å². The third-order valence-electron chi connectivity index (χ3n) is 7.42. The van der Waals surface area contributed by atoms with E-state index < -0.39 is 0 Å². The number of halogens is 3. The first-order chi connectivity index (χ1) is 15.8. The summed E-state index contributed by atoms with van der Waals surface area (Å²) in [4.78, 5) is 20.1. The molecule has 0 unspecified atom stereocenters. The summed E-state index contributed by atoms with van der Waals surface area (Å²) < 4.78 is 14.3. The molecule has 2 fully saturated rings. The second-order valence-electron chi connectivity index (χ2n) is 10.2. The molecule has 0 spiro atoms. The molecule has 2 aliphatic heterocycles. The van der Waals surface area contributed by atoms with E-state index >= 15 is 0 Å². The first kappa shape index (κ1) is 29.6. The number of carbonyl (C=O) groups excluding carboxylic acids is 1. The van der Waals surface area contributed by atoms with Gasteiger partial charge in [-0.15, -0.1) is 24.8 Å². The summed E-state index contributed by atoms with van der Waals surface area (Å²) >= 11 is 0. The summed E-state index contributed by atoms with van der Waals surface area (Å²) in [5, 5.41) is 0. The lowest BCUT2D eigenvalue weighted by Crippen LogP contribution is -2.46. The van der Waals surface area contributed by atoms with Gasteiger partial charge in [0.05, 0.1) is 0 Å². The number of carbonyl (C=O) groups is 1. The molecule has 194 valence electrons. The Hall–Kier alpha value is -1.66. The number of likely N-dealkylation sites (N-methyl/N-ethyl adjacent to an activating group) is 1. The molecule has 0 saturated carbocycles. The van der Waals surface area contributed by atoms with Crippen LogP contribution >= 0.6 is 24.8 Å². The van der Waals surface area contributed by atoms with Gasteiger partial charge in [-0.05, 0) is 74.4 Å². The van der Waals surface area contributed by atoms with Gasteiger partial charge in [0, 0.05) is 50.9 Å². The minimum Gasteiger partial charge on any atom is -0.311 e. The standard InChI is InChI=1S/C28H38FN3O.2ClH/c1-20-15-23(9-10-31-13-11-30(4)12-14-31)16-21(2)27(20)32-19-24(17-22(3)28(32)33)18-25-7-5-6-8-26(25)29;;/h5-8,15-16,22,24H,9-14,17-19H2,1-4H3;2*1H/t22-,24-;;/m1../s1. The fraction of sp³-hybridized carbons (Fsp3) is 0.536. The second-order valence-corrected chi connectivity index (χ2v) is 10.2. The third-order valence-corrected chi connectivity index (χ3v) is 7.42. The van der Waals surface area contributed by atoms with Crippen molar-refractivity contribution in [2.24, 2.45) is 11.8 Å². The van der Waals surface area contributed by atoms with Gasteiger partial charge in [0.15, 0.2) is 0 Å². The monoisotopic (exact) mass is 523 g/mol. The number of piperazine rings is 1. The van der Waals surface area contributed by atoms with Crippen molar-refractivity contribution in [3.63, 3.8) is 0 Å². The fourth-order valence-electron chi connectivity index (χ4n) is 5.59. The molecule has 4 nitrogen and oxygen atoms in total. The number of benzene rings is 2. The molecule has 2 atom stereocenters. The van der Waals surface area contributed by atoms with E-state index in [1.165, 1.54) is 11.6 Å². The third kappa shape index (κ3) is 7.19. The highest BCUT2D eigenvalue weighted by molar-refractivity contribution is 5.97. The van der Waals surface area contributed by atoms with E-state index in [0.29, 0.717) is 13.0 Å². The second kappa shape index (κ2) is 13.0. The number of aryl methyl sites for hydroxylation is 2. The molecular formula is C28H40Cl2FN3O. The van der Waals surface area contributed by atoms with E-state index in [4.69, 9.17) is 0 Å². The van der Waals surface area contributed by atoms with Crippen LogP contribution in [0.4, 0.5) is 10.1 Å². The Kier molecular flexibility index (Phi) is 11.0. The quantitative estimate of drug-likeness (QED) is 0.513. The Morgan fingerprint density at radius 2 is 1.63 bits per heavy atom. The lowest BCUT2D eigenvalue weighted by Gasteiger charge is -2.38. The number of hydrogen-bond donors (Lipinski definition) is 0. The van der Waals surface area contributed by atoms with E-state index in [9.17, 15) is 9.18 Å². The van der Waals surface area contributed by atoms with Gasteiger partial charge >= 0.3 is 0 Å². The van der Waals surface area contributed by atoms with Crippen LogP contribution in [0.15, 0.2) is 36.4 Å². The SMILES string of the molecule is Cc1cc(CCN2CCN(C)CC2)cc(C)c1N1C[C@@H](Cc2ccccc2F)C[C@@H](C)C1=O.Cl.Cl. The Morgan fingerprint density at radius 1 is 1.00 bits per heavy atom. The van der Waals surface area contributed by atoms with Crippen LogP contribution in [-0.4, -0.2) is 62.0 Å². The first-order valence-corrected chi connectivity index (χ1v) is 12.4. The number of amides is 1. The van der Waals surface area contributed by atoms with Crippen LogP contribution in [0, 0.1) is 31.5 Å². The van der Waals surface area contributed by atoms with Gasteiger partial charge in [-0.2, -0.15) is 0 Å². The predicted octanol–water partition coefficient (Wildman–Crippen LogP) is 5.31. The highest BCUT2D eigenvalue weighted by Crippen LogP contribution is 2.34. The molecule has 2 aliphatic rings. The van der Waals surface area contributed by atoms with Crippen molar-refractivity contribution < 1.29 is 9.18 Å². The zero-order valence-electron chi connectivity index (χ0n) is 21.4.